The van der Waals surface area contributed by atoms with Crippen molar-refractivity contribution in [3.05, 3.63) is 58.6 Å². The molecule has 0 bridgehead atoms. The molecular weight excluding hydrogens is 368 g/mol. The largest absolute Gasteiger partial charge is 0.496 e. The molecular formula is C20H23ClN2O4. The van der Waals surface area contributed by atoms with E-state index in [0.717, 1.165) is 5.56 Å². The van der Waals surface area contributed by atoms with Crippen LogP contribution in [0, 0.1) is 0 Å². The van der Waals surface area contributed by atoms with E-state index in [-0.39, 0.29) is 33.8 Å². The molecule has 1 amide bonds. The maximum Gasteiger partial charge on any atom is 0.342 e. The van der Waals surface area contributed by atoms with E-state index in [2.05, 4.69) is 5.32 Å². The minimum atomic E-state index is -0.971. The van der Waals surface area contributed by atoms with Gasteiger partial charge in [0.2, 0.25) is 0 Å². The zero-order chi connectivity index (χ0) is 20.0. The quantitative estimate of drug-likeness (QED) is 0.558. The Kier molecular flexibility index (Phi) is 7.07. The molecule has 0 heterocycles. The number of hydrogen-bond donors (Lipinski definition) is 2. The fourth-order valence-electron chi connectivity index (χ4n) is 2.47. The normalized spacial score (nSPS) is 12.7. The number of amides is 1. The monoisotopic (exact) mass is 390 g/mol. The first-order valence-corrected chi connectivity index (χ1v) is 8.88. The number of nitrogen functional groups attached to an aromatic ring is 1. The molecule has 0 aliphatic carbocycles. The van der Waals surface area contributed by atoms with Gasteiger partial charge in [0, 0.05) is 12.6 Å². The Labute approximate surface area is 163 Å². The van der Waals surface area contributed by atoms with E-state index in [9.17, 15) is 9.59 Å². The lowest BCUT2D eigenvalue weighted by Crippen LogP contribution is -2.37. The van der Waals surface area contributed by atoms with Gasteiger partial charge < -0.3 is 20.5 Å². The van der Waals surface area contributed by atoms with Crippen LogP contribution < -0.4 is 15.8 Å². The molecule has 27 heavy (non-hydrogen) atoms. The fourth-order valence-corrected chi connectivity index (χ4v) is 2.64. The van der Waals surface area contributed by atoms with Crippen LogP contribution in [0.2, 0.25) is 5.02 Å². The van der Waals surface area contributed by atoms with Crippen molar-refractivity contribution in [1.82, 2.24) is 5.32 Å². The third kappa shape index (κ3) is 5.37. The molecule has 0 unspecified atom stereocenters. The molecule has 7 heteroatoms. The van der Waals surface area contributed by atoms with Gasteiger partial charge >= 0.3 is 5.97 Å². The van der Waals surface area contributed by atoms with Crippen molar-refractivity contribution in [2.24, 2.45) is 0 Å². The number of nitrogens with one attached hydrogen (secondary N) is 1. The summed E-state index contributed by atoms with van der Waals surface area (Å²) in [5.41, 5.74) is 7.21. The van der Waals surface area contributed by atoms with Crippen LogP contribution >= 0.6 is 11.6 Å². The second-order valence-electron chi connectivity index (χ2n) is 6.18. The van der Waals surface area contributed by atoms with E-state index >= 15 is 0 Å². The Morgan fingerprint density at radius 1 is 1.19 bits per heavy atom. The SMILES string of the molecule is COc1cc(N)c(Cl)cc1C(=O)O[C@@H](C)C(=O)NC[C@@H](C)c1ccccc1. The van der Waals surface area contributed by atoms with Crippen LogP contribution in [0.25, 0.3) is 0 Å². The van der Waals surface area contributed by atoms with Gasteiger partial charge in [0.05, 0.1) is 17.8 Å². The summed E-state index contributed by atoms with van der Waals surface area (Å²) in [6.45, 7) is 3.95. The lowest BCUT2D eigenvalue weighted by Gasteiger charge is -2.17. The molecule has 0 aliphatic rings. The van der Waals surface area contributed by atoms with E-state index < -0.39 is 12.1 Å². The molecule has 0 saturated heterocycles. The lowest BCUT2D eigenvalue weighted by molar-refractivity contribution is -0.129. The first kappa shape index (κ1) is 20.6. The molecule has 0 aliphatic heterocycles. The number of ether oxygens (including phenoxy) is 2. The molecule has 0 spiro atoms. The minimum Gasteiger partial charge on any atom is -0.496 e. The van der Waals surface area contributed by atoms with Crippen LogP contribution in [0.4, 0.5) is 5.69 Å². The first-order chi connectivity index (χ1) is 12.8. The maximum atomic E-state index is 12.4. The number of carbonyl (C=O) groups excluding carboxylic acids is 2. The van der Waals surface area contributed by atoms with Crippen LogP contribution in [0.15, 0.2) is 42.5 Å². The van der Waals surface area contributed by atoms with Gasteiger partial charge in [-0.1, -0.05) is 48.9 Å². The average Bonchev–Trinajstić information content (AvgIpc) is 2.67. The highest BCUT2D eigenvalue weighted by molar-refractivity contribution is 6.33. The molecule has 0 saturated carbocycles. The van der Waals surface area contributed by atoms with Gasteiger partial charge in [-0.15, -0.1) is 0 Å². The number of rotatable bonds is 7. The van der Waals surface area contributed by atoms with Gasteiger partial charge in [-0.25, -0.2) is 4.79 Å². The number of esters is 1. The summed E-state index contributed by atoms with van der Waals surface area (Å²) >= 11 is 5.96. The van der Waals surface area contributed by atoms with Crippen molar-refractivity contribution < 1.29 is 19.1 Å². The van der Waals surface area contributed by atoms with Gasteiger partial charge in [0.25, 0.3) is 5.91 Å². The standard InChI is InChI=1S/C20H23ClN2O4/c1-12(14-7-5-4-6-8-14)11-23-19(24)13(2)27-20(25)15-9-16(21)17(22)10-18(15)26-3/h4-10,12-13H,11,22H2,1-3H3,(H,23,24)/t12-,13+/m1/s1. The molecule has 2 atom stereocenters. The second-order valence-corrected chi connectivity index (χ2v) is 6.59. The predicted octanol–water partition coefficient (Wildman–Crippen LogP) is 3.40. The van der Waals surface area contributed by atoms with E-state index in [4.69, 9.17) is 26.8 Å². The highest BCUT2D eigenvalue weighted by atomic mass is 35.5. The van der Waals surface area contributed by atoms with Crippen molar-refractivity contribution in [3.63, 3.8) is 0 Å². The molecule has 2 aromatic carbocycles. The summed E-state index contributed by atoms with van der Waals surface area (Å²) in [6.07, 6.45) is -0.971. The van der Waals surface area contributed by atoms with Gasteiger partial charge in [-0.05, 0) is 24.5 Å². The topological polar surface area (TPSA) is 90.7 Å². The van der Waals surface area contributed by atoms with Gasteiger partial charge in [-0.2, -0.15) is 0 Å². The minimum absolute atomic E-state index is 0.106. The van der Waals surface area contributed by atoms with E-state index in [1.54, 1.807) is 0 Å². The average molecular weight is 391 g/mol. The predicted molar refractivity (Wildman–Crippen MR) is 105 cm³/mol. The number of nitrogens with two attached hydrogens (primary N) is 1. The van der Waals surface area contributed by atoms with Crippen LogP contribution in [0.3, 0.4) is 0 Å². The highest BCUT2D eigenvalue weighted by Crippen LogP contribution is 2.29. The summed E-state index contributed by atoms with van der Waals surface area (Å²) in [5, 5.41) is 3.00. The fraction of sp³-hybridized carbons (Fsp3) is 0.300. The zero-order valence-corrected chi connectivity index (χ0v) is 16.2. The van der Waals surface area contributed by atoms with Crippen LogP contribution in [-0.4, -0.2) is 31.6 Å². The molecule has 144 valence electrons. The number of benzene rings is 2. The van der Waals surface area contributed by atoms with Crippen molar-refractivity contribution >= 4 is 29.2 Å². The molecule has 2 rings (SSSR count). The summed E-state index contributed by atoms with van der Waals surface area (Å²) in [6, 6.07) is 12.6. The molecule has 0 fully saturated rings. The molecule has 0 aromatic heterocycles. The maximum absolute atomic E-state index is 12.4. The van der Waals surface area contributed by atoms with E-state index in [1.807, 2.05) is 37.3 Å². The molecule has 6 nitrogen and oxygen atoms in total. The van der Waals surface area contributed by atoms with Crippen molar-refractivity contribution in [1.29, 1.82) is 0 Å². The molecule has 0 radical (unpaired) electrons. The Morgan fingerprint density at radius 3 is 2.48 bits per heavy atom. The van der Waals surface area contributed by atoms with Crippen molar-refractivity contribution in [2.45, 2.75) is 25.9 Å². The van der Waals surface area contributed by atoms with E-state index in [0.29, 0.717) is 6.54 Å². The van der Waals surface area contributed by atoms with Gasteiger partial charge in [0.1, 0.15) is 11.3 Å². The Balaban J connectivity index is 1.96. The summed E-state index contributed by atoms with van der Waals surface area (Å²) in [7, 11) is 1.40. The third-order valence-corrected chi connectivity index (χ3v) is 4.47. The Hall–Kier alpha value is -2.73. The van der Waals surface area contributed by atoms with Crippen LogP contribution in [-0.2, 0) is 9.53 Å². The van der Waals surface area contributed by atoms with Crippen molar-refractivity contribution in [3.8, 4) is 5.75 Å². The van der Waals surface area contributed by atoms with Gasteiger partial charge in [0.15, 0.2) is 6.10 Å². The Morgan fingerprint density at radius 2 is 1.85 bits per heavy atom. The highest BCUT2D eigenvalue weighted by Gasteiger charge is 2.22. The summed E-state index contributed by atoms with van der Waals surface area (Å²) < 4.78 is 10.4. The zero-order valence-electron chi connectivity index (χ0n) is 15.5. The third-order valence-electron chi connectivity index (χ3n) is 4.14. The van der Waals surface area contributed by atoms with Crippen LogP contribution in [0.1, 0.15) is 35.7 Å². The summed E-state index contributed by atoms with van der Waals surface area (Å²) in [4.78, 5) is 24.6. The summed E-state index contributed by atoms with van der Waals surface area (Å²) in [5.74, 6) is -0.736. The number of anilines is 1. The lowest BCUT2D eigenvalue weighted by atomic mass is 10.0. The molecule has 3 N–H and O–H groups in total. The van der Waals surface area contributed by atoms with Crippen molar-refractivity contribution in [2.75, 3.05) is 19.4 Å². The number of carbonyl (C=O) groups is 2. The van der Waals surface area contributed by atoms with Crippen LogP contribution in [0.5, 0.6) is 5.75 Å². The number of hydrogen-bond acceptors (Lipinski definition) is 5. The van der Waals surface area contributed by atoms with Gasteiger partial charge in [-0.3, -0.25) is 4.79 Å². The Bertz CT molecular complexity index is 811. The number of methoxy groups -OCH3 is 1. The molecule has 2 aromatic rings. The first-order valence-electron chi connectivity index (χ1n) is 8.50. The van der Waals surface area contributed by atoms with E-state index in [1.165, 1.54) is 26.2 Å². The second kappa shape index (κ2) is 9.28. The smallest absolute Gasteiger partial charge is 0.342 e. The number of halogens is 1.